The van der Waals surface area contributed by atoms with Crippen molar-refractivity contribution in [3.05, 3.63) is 17.6 Å². The van der Waals surface area contributed by atoms with Crippen molar-refractivity contribution in [3.63, 3.8) is 0 Å². The number of nitrogens with zero attached hydrogens (tertiary/aromatic N) is 2. The lowest BCUT2D eigenvalue weighted by Gasteiger charge is -2.12. The summed E-state index contributed by atoms with van der Waals surface area (Å²) in [5, 5.41) is 3.23. The molecule has 0 aliphatic heterocycles. The molecule has 158 valence electrons. The molecule has 0 spiro atoms. The summed E-state index contributed by atoms with van der Waals surface area (Å²) in [6, 6.07) is 0.636. The number of nitrogens with one attached hydrogen (secondary N) is 1. The number of unbranched alkanes of at least 4 members (excludes halogenated alkanes) is 8. The molecule has 0 unspecified atom stereocenters. The van der Waals surface area contributed by atoms with Gasteiger partial charge in [0.1, 0.15) is 5.76 Å². The minimum Gasteiger partial charge on any atom is -0.422 e. The molecule has 0 fully saturated rings. The molecule has 0 heterocycles. The molecule has 0 saturated heterocycles. The van der Waals surface area contributed by atoms with Crippen LogP contribution in [-0.4, -0.2) is 44.7 Å². The van der Waals surface area contributed by atoms with Gasteiger partial charge in [-0.05, 0) is 53.4 Å². The minimum absolute atomic E-state index is 0.636. The molecule has 4 heteroatoms. The summed E-state index contributed by atoms with van der Waals surface area (Å²) >= 11 is 0. The molecule has 0 amide bonds. The number of hydrogen-bond donors (Lipinski definition) is 1. The van der Waals surface area contributed by atoms with Crippen molar-refractivity contribution in [2.75, 3.05) is 33.7 Å². The highest BCUT2D eigenvalue weighted by Gasteiger charge is 2.05. The van der Waals surface area contributed by atoms with Crippen LogP contribution in [0.3, 0.4) is 0 Å². The van der Waals surface area contributed by atoms with Crippen LogP contribution in [0.1, 0.15) is 91.4 Å². The van der Waals surface area contributed by atoms with Gasteiger partial charge in [-0.15, -0.1) is 0 Å². The number of ether oxygens (including phenoxy) is 1. The Morgan fingerprint density at radius 2 is 1.59 bits per heavy atom. The monoisotopic (exact) mass is 379 g/mol. The molecule has 0 aromatic carbocycles. The summed E-state index contributed by atoms with van der Waals surface area (Å²) in [6.45, 7) is 8.96. The molecule has 0 saturated carbocycles. The summed E-state index contributed by atoms with van der Waals surface area (Å²) < 4.78 is 6.01. The highest BCUT2D eigenvalue weighted by molar-refractivity contribution is 5.74. The van der Waals surface area contributed by atoms with Crippen LogP contribution < -0.4 is 5.32 Å². The van der Waals surface area contributed by atoms with Gasteiger partial charge < -0.3 is 15.0 Å². The van der Waals surface area contributed by atoms with E-state index in [1.54, 1.807) is 0 Å². The number of rotatable bonds is 16. The van der Waals surface area contributed by atoms with E-state index in [1.807, 2.05) is 13.0 Å². The van der Waals surface area contributed by atoms with Crippen LogP contribution in [0, 0.1) is 0 Å². The van der Waals surface area contributed by atoms with E-state index in [-0.39, 0.29) is 0 Å². The molecular formula is C23H45N3O. The molecular weight excluding hydrogens is 334 g/mol. The first kappa shape index (κ1) is 25.8. The fraction of sp³-hybridized carbons (Fsp3) is 0.826. The molecule has 0 aliphatic carbocycles. The van der Waals surface area contributed by atoms with Crippen molar-refractivity contribution in [2.24, 2.45) is 4.99 Å². The standard InChI is InChI=1S/C23H45N3O/c1-6-9-10-11-12-13-14-15-16-19-22(18-7-2)27-23(24-8-3)25-20-17-21-26(4)5/h7H,6,8-17,19-21H2,1-5H3,(H,24,25). The van der Waals surface area contributed by atoms with Gasteiger partial charge in [-0.3, -0.25) is 0 Å². The van der Waals surface area contributed by atoms with Gasteiger partial charge in [-0.2, -0.15) is 0 Å². The quantitative estimate of drug-likeness (QED) is 0.119. The average molecular weight is 380 g/mol. The highest BCUT2D eigenvalue weighted by Crippen LogP contribution is 2.14. The van der Waals surface area contributed by atoms with Crippen molar-refractivity contribution in [1.82, 2.24) is 10.2 Å². The molecule has 27 heavy (non-hydrogen) atoms. The summed E-state index contributed by atoms with van der Waals surface area (Å²) in [4.78, 5) is 6.76. The third-order valence-electron chi connectivity index (χ3n) is 4.38. The molecule has 1 N–H and O–H groups in total. The Balaban J connectivity index is 4.17. The summed E-state index contributed by atoms with van der Waals surface area (Å²) in [7, 11) is 4.17. The SMILES string of the molecule is CC=C=C(CCCCCCCCCCC)O/C(=N/CCCN(C)C)NCC. The summed E-state index contributed by atoms with van der Waals surface area (Å²) in [6.07, 6.45) is 15.9. The van der Waals surface area contributed by atoms with Crippen molar-refractivity contribution < 1.29 is 4.74 Å². The van der Waals surface area contributed by atoms with Gasteiger partial charge in [0, 0.05) is 19.5 Å². The molecule has 0 atom stereocenters. The Hall–Kier alpha value is -1.25. The maximum Gasteiger partial charge on any atom is 0.290 e. The fourth-order valence-corrected chi connectivity index (χ4v) is 2.87. The maximum absolute atomic E-state index is 6.01. The van der Waals surface area contributed by atoms with Crippen LogP contribution in [0.4, 0.5) is 0 Å². The van der Waals surface area contributed by atoms with Crippen molar-refractivity contribution >= 4 is 6.02 Å². The van der Waals surface area contributed by atoms with E-state index in [9.17, 15) is 0 Å². The number of allylic oxidation sites excluding steroid dienone is 1. The zero-order valence-corrected chi connectivity index (χ0v) is 18.8. The van der Waals surface area contributed by atoms with Crippen molar-refractivity contribution in [2.45, 2.75) is 91.4 Å². The van der Waals surface area contributed by atoms with Gasteiger partial charge in [0.05, 0.1) is 0 Å². The van der Waals surface area contributed by atoms with Crippen LogP contribution in [0.25, 0.3) is 0 Å². The predicted molar refractivity (Wildman–Crippen MR) is 119 cm³/mol. The molecule has 0 aliphatic rings. The Bertz CT molecular complexity index is 423. The van der Waals surface area contributed by atoms with Crippen molar-refractivity contribution in [3.8, 4) is 0 Å². The second kappa shape index (κ2) is 19.5. The minimum atomic E-state index is 0.636. The van der Waals surface area contributed by atoms with Gasteiger partial charge >= 0.3 is 0 Å². The van der Waals surface area contributed by atoms with Gasteiger partial charge in [0.15, 0.2) is 0 Å². The maximum atomic E-state index is 6.01. The largest absolute Gasteiger partial charge is 0.422 e. The molecule has 0 radical (unpaired) electrons. The lowest BCUT2D eigenvalue weighted by atomic mass is 10.1. The lowest BCUT2D eigenvalue weighted by molar-refractivity contribution is 0.363. The fourth-order valence-electron chi connectivity index (χ4n) is 2.87. The van der Waals surface area contributed by atoms with Crippen LogP contribution in [-0.2, 0) is 4.74 Å². The highest BCUT2D eigenvalue weighted by atomic mass is 16.5. The lowest BCUT2D eigenvalue weighted by Crippen LogP contribution is -2.26. The van der Waals surface area contributed by atoms with E-state index < -0.39 is 0 Å². The number of aliphatic imine (C=N–C) groups is 1. The zero-order chi connectivity index (χ0) is 20.2. The van der Waals surface area contributed by atoms with Crippen LogP contribution in [0.2, 0.25) is 0 Å². The Morgan fingerprint density at radius 1 is 0.963 bits per heavy atom. The smallest absolute Gasteiger partial charge is 0.290 e. The van der Waals surface area contributed by atoms with E-state index in [0.717, 1.165) is 44.7 Å². The van der Waals surface area contributed by atoms with Gasteiger partial charge in [0.2, 0.25) is 0 Å². The molecule has 0 aromatic rings. The molecule has 0 bridgehead atoms. The molecule has 0 rings (SSSR count). The molecule has 4 nitrogen and oxygen atoms in total. The predicted octanol–water partition coefficient (Wildman–Crippen LogP) is 5.90. The van der Waals surface area contributed by atoms with Crippen LogP contribution in [0.15, 0.2) is 22.6 Å². The first-order chi connectivity index (χ1) is 13.1. The average Bonchev–Trinajstić information content (AvgIpc) is 2.63. The van der Waals surface area contributed by atoms with Crippen LogP contribution >= 0.6 is 0 Å². The van der Waals surface area contributed by atoms with E-state index in [2.05, 4.69) is 48.9 Å². The Kier molecular flexibility index (Phi) is 18.6. The number of amidine groups is 1. The first-order valence-corrected chi connectivity index (χ1v) is 11.1. The third kappa shape index (κ3) is 17.9. The Morgan fingerprint density at radius 3 is 2.15 bits per heavy atom. The van der Waals surface area contributed by atoms with E-state index in [4.69, 9.17) is 4.74 Å². The molecule has 0 aromatic heterocycles. The zero-order valence-electron chi connectivity index (χ0n) is 18.8. The summed E-state index contributed by atoms with van der Waals surface area (Å²) in [5.41, 5.74) is 3.25. The Labute approximate surface area is 169 Å². The van der Waals surface area contributed by atoms with E-state index >= 15 is 0 Å². The second-order valence-corrected chi connectivity index (χ2v) is 7.41. The normalized spacial score (nSPS) is 11.4. The van der Waals surface area contributed by atoms with Crippen molar-refractivity contribution in [1.29, 1.82) is 0 Å². The summed E-state index contributed by atoms with van der Waals surface area (Å²) in [5.74, 6) is 0.896. The first-order valence-electron chi connectivity index (χ1n) is 11.1. The van der Waals surface area contributed by atoms with E-state index in [1.165, 1.54) is 51.4 Å². The third-order valence-corrected chi connectivity index (χ3v) is 4.38. The van der Waals surface area contributed by atoms with E-state index in [0.29, 0.717) is 6.02 Å². The topological polar surface area (TPSA) is 36.9 Å². The number of hydrogen-bond acceptors (Lipinski definition) is 3. The van der Waals surface area contributed by atoms with Crippen LogP contribution in [0.5, 0.6) is 0 Å². The van der Waals surface area contributed by atoms with Gasteiger partial charge in [0.25, 0.3) is 6.02 Å². The van der Waals surface area contributed by atoms with Gasteiger partial charge in [-0.25, -0.2) is 4.99 Å². The second-order valence-electron chi connectivity index (χ2n) is 7.41. The van der Waals surface area contributed by atoms with Gasteiger partial charge in [-0.1, -0.05) is 64.0 Å².